The van der Waals surface area contributed by atoms with Gasteiger partial charge in [-0.05, 0) is 24.9 Å². The Labute approximate surface area is 131 Å². The SMILES string of the molecule is COc1ccccc1/C=C\CNC[C@@H]1CCc2nncn2C1. The number of methoxy groups -OCH3 is 1. The highest BCUT2D eigenvalue weighted by Crippen LogP contribution is 2.19. The van der Waals surface area contributed by atoms with E-state index < -0.39 is 0 Å². The van der Waals surface area contributed by atoms with Crippen LogP contribution in [0.2, 0.25) is 0 Å². The molecule has 0 saturated carbocycles. The van der Waals surface area contributed by atoms with Crippen LogP contribution in [0.1, 0.15) is 17.8 Å². The molecule has 0 spiro atoms. The van der Waals surface area contributed by atoms with E-state index in [1.165, 1.54) is 6.42 Å². The first-order valence-corrected chi connectivity index (χ1v) is 7.74. The lowest BCUT2D eigenvalue weighted by Gasteiger charge is -2.22. The number of hydrogen-bond acceptors (Lipinski definition) is 4. The van der Waals surface area contributed by atoms with Crippen molar-refractivity contribution in [1.29, 1.82) is 0 Å². The highest BCUT2D eigenvalue weighted by molar-refractivity contribution is 5.57. The van der Waals surface area contributed by atoms with Gasteiger partial charge in [0.1, 0.15) is 17.9 Å². The van der Waals surface area contributed by atoms with Crippen molar-refractivity contribution < 1.29 is 4.74 Å². The van der Waals surface area contributed by atoms with Crippen LogP contribution in [0.4, 0.5) is 0 Å². The van der Waals surface area contributed by atoms with Crippen LogP contribution in [-0.2, 0) is 13.0 Å². The van der Waals surface area contributed by atoms with Crippen molar-refractivity contribution in [2.24, 2.45) is 5.92 Å². The van der Waals surface area contributed by atoms with Crippen LogP contribution in [-0.4, -0.2) is 35.0 Å². The summed E-state index contributed by atoms with van der Waals surface area (Å²) in [5.74, 6) is 2.68. The summed E-state index contributed by atoms with van der Waals surface area (Å²) in [4.78, 5) is 0. The Hall–Kier alpha value is -2.14. The Morgan fingerprint density at radius 1 is 1.41 bits per heavy atom. The summed E-state index contributed by atoms with van der Waals surface area (Å²) >= 11 is 0. The van der Waals surface area contributed by atoms with E-state index in [1.807, 2.05) is 24.5 Å². The molecule has 2 heterocycles. The molecule has 0 aliphatic carbocycles. The molecule has 0 unspecified atom stereocenters. The summed E-state index contributed by atoms with van der Waals surface area (Å²) in [6, 6.07) is 8.04. The highest BCUT2D eigenvalue weighted by Gasteiger charge is 2.18. The maximum atomic E-state index is 5.34. The number of benzene rings is 1. The molecule has 3 rings (SSSR count). The number of para-hydroxylation sites is 1. The Balaban J connectivity index is 1.43. The summed E-state index contributed by atoms with van der Waals surface area (Å²) in [7, 11) is 1.70. The zero-order chi connectivity index (χ0) is 15.2. The van der Waals surface area contributed by atoms with Crippen molar-refractivity contribution >= 4 is 6.08 Å². The summed E-state index contributed by atoms with van der Waals surface area (Å²) in [5.41, 5.74) is 1.11. The first-order valence-electron chi connectivity index (χ1n) is 7.74. The van der Waals surface area contributed by atoms with Crippen molar-refractivity contribution in [3.8, 4) is 5.75 Å². The van der Waals surface area contributed by atoms with E-state index in [-0.39, 0.29) is 0 Å². The molecule has 0 fully saturated rings. The molecule has 0 radical (unpaired) electrons. The van der Waals surface area contributed by atoms with Gasteiger partial charge < -0.3 is 14.6 Å². The molecule has 1 atom stereocenters. The van der Waals surface area contributed by atoms with Crippen molar-refractivity contribution in [2.45, 2.75) is 19.4 Å². The molecule has 0 saturated heterocycles. The topological polar surface area (TPSA) is 52.0 Å². The number of nitrogens with zero attached hydrogens (tertiary/aromatic N) is 3. The van der Waals surface area contributed by atoms with Gasteiger partial charge in [0.25, 0.3) is 0 Å². The number of aromatic nitrogens is 3. The molecule has 5 nitrogen and oxygen atoms in total. The van der Waals surface area contributed by atoms with Gasteiger partial charge in [-0.3, -0.25) is 0 Å². The van der Waals surface area contributed by atoms with Gasteiger partial charge >= 0.3 is 0 Å². The van der Waals surface area contributed by atoms with Crippen LogP contribution in [0.25, 0.3) is 6.08 Å². The Morgan fingerprint density at radius 3 is 3.23 bits per heavy atom. The first-order chi connectivity index (χ1) is 10.9. The number of rotatable bonds is 6. The van der Waals surface area contributed by atoms with Crippen molar-refractivity contribution in [3.63, 3.8) is 0 Å². The number of aryl methyl sites for hydroxylation is 1. The second kappa shape index (κ2) is 7.22. The molecule has 0 bridgehead atoms. The van der Waals surface area contributed by atoms with E-state index >= 15 is 0 Å². The van der Waals surface area contributed by atoms with Gasteiger partial charge in [-0.2, -0.15) is 0 Å². The molecule has 2 aromatic rings. The lowest BCUT2D eigenvalue weighted by Crippen LogP contribution is -2.30. The third-order valence-electron chi connectivity index (χ3n) is 4.06. The summed E-state index contributed by atoms with van der Waals surface area (Å²) in [5, 5.41) is 11.6. The van der Waals surface area contributed by atoms with E-state index in [2.05, 4.69) is 38.3 Å². The molecular weight excluding hydrogens is 276 g/mol. The van der Waals surface area contributed by atoms with Gasteiger partial charge in [-0.25, -0.2) is 0 Å². The molecule has 5 heteroatoms. The van der Waals surface area contributed by atoms with E-state index in [0.717, 1.165) is 43.2 Å². The second-order valence-corrected chi connectivity index (χ2v) is 5.61. The Kier molecular flexibility index (Phi) is 4.85. The monoisotopic (exact) mass is 298 g/mol. The molecular formula is C17H22N4O. The molecule has 0 amide bonds. The predicted molar refractivity (Wildman–Crippen MR) is 86.7 cm³/mol. The van der Waals surface area contributed by atoms with Gasteiger partial charge in [0.2, 0.25) is 0 Å². The van der Waals surface area contributed by atoms with E-state index in [0.29, 0.717) is 5.92 Å². The number of nitrogens with one attached hydrogen (secondary N) is 1. The largest absolute Gasteiger partial charge is 0.496 e. The lowest BCUT2D eigenvalue weighted by atomic mass is 9.99. The fraction of sp³-hybridized carbons (Fsp3) is 0.412. The van der Waals surface area contributed by atoms with Crippen LogP contribution in [0.5, 0.6) is 5.75 Å². The fourth-order valence-electron chi connectivity index (χ4n) is 2.86. The minimum Gasteiger partial charge on any atom is -0.496 e. The molecule has 1 aliphatic rings. The Morgan fingerprint density at radius 2 is 2.32 bits per heavy atom. The second-order valence-electron chi connectivity index (χ2n) is 5.61. The first kappa shape index (κ1) is 14.8. The molecule has 1 aliphatic heterocycles. The zero-order valence-corrected chi connectivity index (χ0v) is 12.9. The van der Waals surface area contributed by atoms with Crippen LogP contribution in [0.15, 0.2) is 36.7 Å². The lowest BCUT2D eigenvalue weighted by molar-refractivity contribution is 0.352. The molecule has 22 heavy (non-hydrogen) atoms. The molecule has 116 valence electrons. The Bertz CT molecular complexity index is 635. The number of fused-ring (bicyclic) bond motifs is 1. The third-order valence-corrected chi connectivity index (χ3v) is 4.06. The van der Waals surface area contributed by atoms with E-state index in [9.17, 15) is 0 Å². The minimum absolute atomic E-state index is 0.656. The van der Waals surface area contributed by atoms with Crippen LogP contribution in [0, 0.1) is 5.92 Å². The standard InChI is InChI=1S/C17H22N4O/c1-22-16-7-3-2-5-15(16)6-4-10-18-11-14-8-9-17-20-19-13-21(17)12-14/h2-7,13-14,18H,8-12H2,1H3/b6-4-/t14-/m0/s1. The van der Waals surface area contributed by atoms with Gasteiger partial charge in [0, 0.05) is 25.1 Å². The minimum atomic E-state index is 0.656. The highest BCUT2D eigenvalue weighted by atomic mass is 16.5. The van der Waals surface area contributed by atoms with Crippen molar-refractivity contribution in [1.82, 2.24) is 20.1 Å². The van der Waals surface area contributed by atoms with Crippen LogP contribution < -0.4 is 10.1 Å². The van der Waals surface area contributed by atoms with E-state index in [4.69, 9.17) is 4.74 Å². The quantitative estimate of drug-likeness (QED) is 0.830. The van der Waals surface area contributed by atoms with Crippen LogP contribution >= 0.6 is 0 Å². The molecule has 1 aromatic carbocycles. The summed E-state index contributed by atoms with van der Waals surface area (Å²) in [6.45, 7) is 2.91. The van der Waals surface area contributed by atoms with Crippen molar-refractivity contribution in [3.05, 3.63) is 48.1 Å². The summed E-state index contributed by atoms with van der Waals surface area (Å²) in [6.07, 6.45) is 8.30. The maximum Gasteiger partial charge on any atom is 0.132 e. The summed E-state index contributed by atoms with van der Waals surface area (Å²) < 4.78 is 7.50. The zero-order valence-electron chi connectivity index (χ0n) is 12.9. The van der Waals surface area contributed by atoms with Gasteiger partial charge in [-0.1, -0.05) is 30.4 Å². The maximum absolute atomic E-state index is 5.34. The number of hydrogen-bond donors (Lipinski definition) is 1. The van der Waals surface area contributed by atoms with Crippen LogP contribution in [0.3, 0.4) is 0 Å². The smallest absolute Gasteiger partial charge is 0.132 e. The predicted octanol–water partition coefficient (Wildman–Crippen LogP) is 2.15. The van der Waals surface area contributed by atoms with Gasteiger partial charge in [0.15, 0.2) is 0 Å². The fourth-order valence-corrected chi connectivity index (χ4v) is 2.86. The molecule has 1 aromatic heterocycles. The number of ether oxygens (including phenoxy) is 1. The van der Waals surface area contributed by atoms with Gasteiger partial charge in [0.05, 0.1) is 7.11 Å². The molecule has 1 N–H and O–H groups in total. The third kappa shape index (κ3) is 3.54. The van der Waals surface area contributed by atoms with E-state index in [1.54, 1.807) is 7.11 Å². The average Bonchev–Trinajstić information content (AvgIpc) is 3.02. The average molecular weight is 298 g/mol. The normalized spacial score (nSPS) is 17.6. The van der Waals surface area contributed by atoms with Gasteiger partial charge in [-0.15, -0.1) is 10.2 Å². The van der Waals surface area contributed by atoms with Crippen molar-refractivity contribution in [2.75, 3.05) is 20.2 Å².